The Morgan fingerprint density at radius 1 is 0.397 bits per heavy atom. The number of hydrogen-bond acceptors (Lipinski definition) is 5. The zero-order chi connectivity index (χ0) is 49.1. The zero-order valence-electron chi connectivity index (χ0n) is 39.5. The Kier molecular flexibility index (Phi) is 11.6. The van der Waals surface area contributed by atoms with Gasteiger partial charge in [0, 0.05) is 67.3 Å². The molecule has 0 saturated heterocycles. The molecule has 0 bridgehead atoms. The number of hydrogen-bond donors (Lipinski definition) is 0. The number of rotatable bonds is 11. The van der Waals surface area contributed by atoms with Crippen molar-refractivity contribution >= 4 is 61.6 Å². The number of aromatic nitrogens is 3. The maximum atomic E-state index is 10.7. The minimum Gasteiger partial charge on any atom is -0.310 e. The Balaban J connectivity index is 0.995. The van der Waals surface area contributed by atoms with Gasteiger partial charge in [-0.25, -0.2) is 14.8 Å². The lowest BCUT2D eigenvalue weighted by Gasteiger charge is -2.26. The van der Waals surface area contributed by atoms with E-state index in [0.29, 0.717) is 33.9 Å². The van der Waals surface area contributed by atoms with E-state index in [0.717, 1.165) is 84.0 Å². The van der Waals surface area contributed by atoms with E-state index in [4.69, 9.17) is 16.5 Å². The zero-order valence-corrected chi connectivity index (χ0v) is 39.5. The van der Waals surface area contributed by atoms with Gasteiger partial charge in [0.2, 0.25) is 0 Å². The van der Waals surface area contributed by atoms with Crippen molar-refractivity contribution in [1.29, 1.82) is 5.26 Å². The van der Waals surface area contributed by atoms with Gasteiger partial charge in [0.15, 0.2) is 11.5 Å². The number of para-hydroxylation sites is 4. The molecule has 10 aromatic carbocycles. The Hall–Kier alpha value is -10.3. The van der Waals surface area contributed by atoms with E-state index in [9.17, 15) is 5.26 Å². The normalized spacial score (nSPS) is 11.0. The predicted octanol–water partition coefficient (Wildman–Crippen LogP) is 17.6. The van der Waals surface area contributed by atoms with Gasteiger partial charge in [-0.3, -0.25) is 0 Å². The Morgan fingerprint density at radius 2 is 0.836 bits per heavy atom. The lowest BCUT2D eigenvalue weighted by atomic mass is 9.95. The van der Waals surface area contributed by atoms with Crippen LogP contribution in [0.4, 0.5) is 39.8 Å². The number of fused-ring (bicyclic) bond motifs is 3. The molecule has 0 spiro atoms. The topological polar surface area (TPSA) is 65.3 Å². The van der Waals surface area contributed by atoms with Crippen LogP contribution in [0.1, 0.15) is 5.56 Å². The van der Waals surface area contributed by atoms with Crippen molar-refractivity contribution in [1.82, 2.24) is 14.5 Å². The Labute approximate surface area is 423 Å². The van der Waals surface area contributed by atoms with Crippen LogP contribution in [-0.2, 0) is 0 Å². The van der Waals surface area contributed by atoms with Crippen LogP contribution < -0.4 is 9.80 Å². The van der Waals surface area contributed by atoms with Crippen molar-refractivity contribution in [3.8, 4) is 56.8 Å². The predicted molar refractivity (Wildman–Crippen MR) is 298 cm³/mol. The Bertz CT molecular complexity index is 3740. The van der Waals surface area contributed by atoms with Crippen molar-refractivity contribution in [3.63, 3.8) is 0 Å². The van der Waals surface area contributed by atoms with E-state index in [1.54, 1.807) is 6.07 Å². The molecule has 0 radical (unpaired) electrons. The molecule has 12 rings (SSSR count). The largest absolute Gasteiger partial charge is 0.310 e. The fourth-order valence-electron chi connectivity index (χ4n) is 9.82. The van der Waals surface area contributed by atoms with Crippen molar-refractivity contribution < 1.29 is 0 Å². The molecule has 7 nitrogen and oxygen atoms in total. The summed E-state index contributed by atoms with van der Waals surface area (Å²) in [5.41, 5.74) is 15.3. The van der Waals surface area contributed by atoms with Gasteiger partial charge in [-0.05, 0) is 126 Å². The van der Waals surface area contributed by atoms with E-state index in [-0.39, 0.29) is 0 Å². The summed E-state index contributed by atoms with van der Waals surface area (Å²) in [7, 11) is 0. The second-order valence-electron chi connectivity index (χ2n) is 17.6. The molecule has 0 fully saturated rings. The summed E-state index contributed by atoms with van der Waals surface area (Å²) in [6.07, 6.45) is 0. The minimum atomic E-state index is 0.414. The van der Waals surface area contributed by atoms with Crippen LogP contribution >= 0.6 is 0 Å². The third-order valence-electron chi connectivity index (χ3n) is 13.2. The Morgan fingerprint density at radius 3 is 1.29 bits per heavy atom. The molecule has 0 aliphatic heterocycles. The van der Waals surface area contributed by atoms with Crippen molar-refractivity contribution in [2.75, 3.05) is 9.80 Å². The molecule has 0 atom stereocenters. The van der Waals surface area contributed by atoms with Crippen LogP contribution in [0.3, 0.4) is 0 Å². The van der Waals surface area contributed by atoms with Crippen molar-refractivity contribution in [3.05, 3.63) is 278 Å². The molecule has 0 saturated carbocycles. The van der Waals surface area contributed by atoms with E-state index in [2.05, 4.69) is 171 Å². The summed E-state index contributed by atoms with van der Waals surface area (Å²) in [6.45, 7) is 8.42. The molecule has 12 aromatic rings. The third kappa shape index (κ3) is 8.40. The van der Waals surface area contributed by atoms with Crippen LogP contribution in [-0.4, -0.2) is 14.5 Å². The van der Waals surface area contributed by atoms with E-state index in [1.807, 2.05) is 109 Å². The number of anilines is 6. The van der Waals surface area contributed by atoms with Crippen LogP contribution in [0, 0.1) is 17.9 Å². The first-order valence-electron chi connectivity index (χ1n) is 24.1. The molecular weight excluding hydrogens is 891 g/mol. The van der Waals surface area contributed by atoms with Crippen LogP contribution in [0.2, 0.25) is 0 Å². The molecule has 342 valence electrons. The lowest BCUT2D eigenvalue weighted by molar-refractivity contribution is 1.18. The van der Waals surface area contributed by atoms with Crippen molar-refractivity contribution in [2.24, 2.45) is 0 Å². The lowest BCUT2D eigenvalue weighted by Crippen LogP contribution is -2.09. The van der Waals surface area contributed by atoms with Crippen LogP contribution in [0.25, 0.3) is 77.4 Å². The van der Waals surface area contributed by atoms with Crippen molar-refractivity contribution in [2.45, 2.75) is 0 Å². The van der Waals surface area contributed by atoms with Gasteiger partial charge in [0.25, 0.3) is 0 Å². The molecule has 0 unspecified atom stereocenters. The monoisotopic (exact) mass is 933 g/mol. The highest BCUT2D eigenvalue weighted by atomic mass is 15.1. The second-order valence-corrected chi connectivity index (χ2v) is 17.6. The standard InChI is InChI=1S/C66H43N7/c1-68-62-43-58(63-44-61(47-20-8-2-9-21-47)69-66(70-63)48-22-10-3-11-23-48)49(45-67)40-57(62)46-32-34-54(35-33-46)73-64-38-36-55(71(50-24-12-4-13-25-50)51-26-14-5-15-27-51)41-59(64)60-42-56(37-39-65(60)73)72(52-28-16-6-17-29-52)53-30-18-7-19-31-53/h2-44H. The van der Waals surface area contributed by atoms with E-state index < -0.39 is 0 Å². The molecule has 0 amide bonds. The highest BCUT2D eigenvalue weighted by Crippen LogP contribution is 2.44. The first kappa shape index (κ1) is 43.9. The SMILES string of the molecule is [C-]#[N+]c1cc(-c2cc(-c3ccccc3)nc(-c3ccccc3)n2)c(C#N)cc1-c1ccc(-n2c3ccc(N(c4ccccc4)c4ccccc4)cc3c3cc(N(c4ccccc4)c4ccccc4)ccc32)cc1. The number of benzene rings is 10. The summed E-state index contributed by atoms with van der Waals surface area (Å²) in [5.74, 6) is 0.539. The fraction of sp³-hybridized carbons (Fsp3) is 0. The first-order valence-corrected chi connectivity index (χ1v) is 24.1. The molecule has 7 heteroatoms. The summed E-state index contributed by atoms with van der Waals surface area (Å²) >= 11 is 0. The quantitative estimate of drug-likeness (QED) is 0.121. The maximum Gasteiger partial charge on any atom is 0.195 e. The van der Waals surface area contributed by atoms with E-state index >= 15 is 0 Å². The average Bonchev–Trinajstić information content (AvgIpc) is 3.79. The van der Waals surface area contributed by atoms with E-state index in [1.165, 1.54) is 0 Å². The van der Waals surface area contributed by atoms with Crippen LogP contribution in [0.15, 0.2) is 261 Å². The molecule has 2 aromatic heterocycles. The first-order chi connectivity index (χ1) is 36.1. The molecule has 73 heavy (non-hydrogen) atoms. The van der Waals surface area contributed by atoms with Gasteiger partial charge < -0.3 is 14.4 Å². The van der Waals surface area contributed by atoms with Gasteiger partial charge in [-0.2, -0.15) is 5.26 Å². The molecule has 2 heterocycles. The average molecular weight is 934 g/mol. The highest BCUT2D eigenvalue weighted by molar-refractivity contribution is 6.12. The fourth-order valence-corrected chi connectivity index (χ4v) is 9.82. The highest BCUT2D eigenvalue weighted by Gasteiger charge is 2.22. The summed E-state index contributed by atoms with van der Waals surface area (Å²) in [5, 5.41) is 12.9. The minimum absolute atomic E-state index is 0.414. The summed E-state index contributed by atoms with van der Waals surface area (Å²) in [4.78, 5) is 18.6. The van der Waals surface area contributed by atoms with Gasteiger partial charge in [0.05, 0.1) is 40.6 Å². The van der Waals surface area contributed by atoms with Gasteiger partial charge in [-0.15, -0.1) is 0 Å². The number of nitrogens with zero attached hydrogens (tertiary/aromatic N) is 7. The summed E-state index contributed by atoms with van der Waals surface area (Å²) < 4.78 is 2.32. The summed E-state index contributed by atoms with van der Waals surface area (Å²) in [6, 6.07) is 91.4. The van der Waals surface area contributed by atoms with Gasteiger partial charge >= 0.3 is 0 Å². The van der Waals surface area contributed by atoms with Gasteiger partial charge in [0.1, 0.15) is 0 Å². The maximum absolute atomic E-state index is 10.7. The second kappa shape index (κ2) is 19.2. The molecular formula is C66H43N7. The number of nitriles is 1. The molecule has 0 N–H and O–H groups in total. The molecule has 0 aliphatic rings. The van der Waals surface area contributed by atoms with Gasteiger partial charge in [-0.1, -0.05) is 146 Å². The van der Waals surface area contributed by atoms with Crippen LogP contribution in [0.5, 0.6) is 0 Å². The third-order valence-corrected chi connectivity index (χ3v) is 13.2. The molecule has 0 aliphatic carbocycles. The smallest absolute Gasteiger partial charge is 0.195 e.